The maximum Gasteiger partial charge on any atom is 0.410 e. The predicted molar refractivity (Wildman–Crippen MR) is 99.3 cm³/mol. The molecule has 3 rings (SSSR count). The van der Waals surface area contributed by atoms with E-state index in [1.165, 1.54) is 6.07 Å². The summed E-state index contributed by atoms with van der Waals surface area (Å²) >= 11 is 0. The second-order valence-electron chi connectivity index (χ2n) is 8.18. The SMILES string of the molecule is [C-]#[N+]c1c(C)cc([C@@H]2CN3CCN(C(=O)OC(C)(C)C)C[C@@H]3CO2)cc1F. The van der Waals surface area contributed by atoms with Gasteiger partial charge < -0.3 is 14.4 Å². The van der Waals surface area contributed by atoms with Gasteiger partial charge in [-0.05, 0) is 44.9 Å². The zero-order valence-corrected chi connectivity index (χ0v) is 16.3. The smallest absolute Gasteiger partial charge is 0.410 e. The fourth-order valence-corrected chi connectivity index (χ4v) is 3.57. The molecule has 0 unspecified atom stereocenters. The Morgan fingerprint density at radius 2 is 2.07 bits per heavy atom. The monoisotopic (exact) mass is 375 g/mol. The van der Waals surface area contributed by atoms with Gasteiger partial charge in [0, 0.05) is 26.2 Å². The molecule has 1 amide bonds. The van der Waals surface area contributed by atoms with Crippen LogP contribution in [0.15, 0.2) is 12.1 Å². The number of fused-ring (bicyclic) bond motifs is 1. The number of hydrogen-bond donors (Lipinski definition) is 0. The van der Waals surface area contributed by atoms with Gasteiger partial charge in [-0.3, -0.25) is 4.90 Å². The Kier molecular flexibility index (Phi) is 5.41. The Hall–Kier alpha value is -2.17. The number of piperazine rings is 1. The largest absolute Gasteiger partial charge is 0.444 e. The van der Waals surface area contributed by atoms with Gasteiger partial charge in [0.05, 0.1) is 25.3 Å². The highest BCUT2D eigenvalue weighted by molar-refractivity contribution is 5.68. The van der Waals surface area contributed by atoms with Crippen molar-refractivity contribution in [1.29, 1.82) is 0 Å². The minimum Gasteiger partial charge on any atom is -0.444 e. The number of benzene rings is 1. The summed E-state index contributed by atoms with van der Waals surface area (Å²) in [6, 6.07) is 3.34. The molecule has 27 heavy (non-hydrogen) atoms. The molecule has 0 saturated carbocycles. The average Bonchev–Trinajstić information content (AvgIpc) is 2.59. The molecule has 146 valence electrons. The van der Waals surface area contributed by atoms with Crippen LogP contribution in [0.3, 0.4) is 0 Å². The molecule has 7 heteroatoms. The summed E-state index contributed by atoms with van der Waals surface area (Å²) in [5.74, 6) is -0.500. The van der Waals surface area contributed by atoms with Crippen LogP contribution in [-0.2, 0) is 9.47 Å². The highest BCUT2D eigenvalue weighted by Crippen LogP contribution is 2.32. The molecule has 1 aromatic carbocycles. The third kappa shape index (κ3) is 4.40. The zero-order valence-electron chi connectivity index (χ0n) is 16.3. The topological polar surface area (TPSA) is 46.4 Å². The van der Waals surface area contributed by atoms with Crippen LogP contribution in [0.1, 0.15) is 38.0 Å². The van der Waals surface area contributed by atoms with Gasteiger partial charge in [0.25, 0.3) is 0 Å². The van der Waals surface area contributed by atoms with E-state index in [9.17, 15) is 9.18 Å². The zero-order chi connectivity index (χ0) is 19.8. The Balaban J connectivity index is 1.65. The van der Waals surface area contributed by atoms with Crippen LogP contribution in [0.4, 0.5) is 14.9 Å². The summed E-state index contributed by atoms with van der Waals surface area (Å²) in [5, 5.41) is 0. The molecule has 0 radical (unpaired) electrons. The van der Waals surface area contributed by atoms with E-state index in [0.29, 0.717) is 31.8 Å². The van der Waals surface area contributed by atoms with E-state index in [4.69, 9.17) is 16.0 Å². The van der Waals surface area contributed by atoms with E-state index < -0.39 is 11.4 Å². The lowest BCUT2D eigenvalue weighted by Crippen LogP contribution is -2.60. The van der Waals surface area contributed by atoms with Gasteiger partial charge >= 0.3 is 6.09 Å². The molecule has 0 spiro atoms. The Morgan fingerprint density at radius 3 is 2.70 bits per heavy atom. The third-order valence-corrected chi connectivity index (χ3v) is 4.91. The van der Waals surface area contributed by atoms with Crippen molar-refractivity contribution in [3.8, 4) is 0 Å². The van der Waals surface area contributed by atoms with Crippen molar-refractivity contribution in [3.63, 3.8) is 0 Å². The highest BCUT2D eigenvalue weighted by Gasteiger charge is 2.37. The number of carbonyl (C=O) groups excluding carboxylic acids is 1. The van der Waals surface area contributed by atoms with Gasteiger partial charge in [0.1, 0.15) is 11.4 Å². The van der Waals surface area contributed by atoms with Crippen molar-refractivity contribution in [2.45, 2.75) is 45.4 Å². The number of aryl methyl sites for hydroxylation is 1. The van der Waals surface area contributed by atoms with E-state index in [2.05, 4.69) is 9.74 Å². The van der Waals surface area contributed by atoms with Crippen LogP contribution >= 0.6 is 0 Å². The first kappa shape index (κ1) is 19.6. The van der Waals surface area contributed by atoms with Crippen LogP contribution in [0, 0.1) is 19.3 Å². The number of rotatable bonds is 1. The molecule has 0 aliphatic carbocycles. The van der Waals surface area contributed by atoms with Gasteiger partial charge in [0.2, 0.25) is 5.69 Å². The lowest BCUT2D eigenvalue weighted by molar-refractivity contribution is -0.0907. The number of ether oxygens (including phenoxy) is 2. The highest BCUT2D eigenvalue weighted by atomic mass is 19.1. The molecule has 0 bridgehead atoms. The molecule has 2 heterocycles. The summed E-state index contributed by atoms with van der Waals surface area (Å²) < 4.78 is 25.6. The molecule has 1 aromatic rings. The maximum absolute atomic E-state index is 14.1. The maximum atomic E-state index is 14.1. The summed E-state index contributed by atoms with van der Waals surface area (Å²) in [4.78, 5) is 19.5. The number of nitrogens with zero attached hydrogens (tertiary/aromatic N) is 3. The standard InChI is InChI=1S/C20H26FN3O3/c1-13-8-14(9-16(21)18(13)22-5)17-11-23-6-7-24(10-15(23)12-26-17)19(25)27-20(2,3)4/h8-9,15,17H,6-7,10-12H2,1-4H3/t15-,17+/m1/s1. The normalized spacial score (nSPS) is 23.5. The van der Waals surface area contributed by atoms with E-state index in [0.717, 1.165) is 12.1 Å². The quantitative estimate of drug-likeness (QED) is 0.703. The lowest BCUT2D eigenvalue weighted by atomic mass is 10.0. The Morgan fingerprint density at radius 1 is 1.33 bits per heavy atom. The van der Waals surface area contributed by atoms with Crippen molar-refractivity contribution in [3.05, 3.63) is 40.5 Å². The first-order valence-electron chi connectivity index (χ1n) is 9.19. The fourth-order valence-electron chi connectivity index (χ4n) is 3.57. The van der Waals surface area contributed by atoms with Crippen LogP contribution in [-0.4, -0.2) is 60.3 Å². The molecular weight excluding hydrogens is 349 g/mol. The van der Waals surface area contributed by atoms with E-state index in [1.807, 2.05) is 26.8 Å². The summed E-state index contributed by atoms with van der Waals surface area (Å²) in [5.41, 5.74) is 0.936. The second-order valence-corrected chi connectivity index (χ2v) is 8.18. The van der Waals surface area contributed by atoms with E-state index >= 15 is 0 Å². The Bertz CT molecular complexity index is 746. The molecule has 2 atom stereocenters. The second kappa shape index (κ2) is 7.45. The fraction of sp³-hybridized carbons (Fsp3) is 0.600. The van der Waals surface area contributed by atoms with Gasteiger partial charge in [-0.25, -0.2) is 14.0 Å². The van der Waals surface area contributed by atoms with Crippen molar-refractivity contribution in [2.24, 2.45) is 0 Å². The predicted octanol–water partition coefficient (Wildman–Crippen LogP) is 3.68. The van der Waals surface area contributed by atoms with Crippen molar-refractivity contribution < 1.29 is 18.7 Å². The summed E-state index contributed by atoms with van der Waals surface area (Å²) in [6.45, 7) is 17.4. The van der Waals surface area contributed by atoms with Crippen molar-refractivity contribution >= 4 is 11.8 Å². The molecular formula is C20H26FN3O3. The Labute approximate surface area is 159 Å². The van der Waals surface area contributed by atoms with Crippen LogP contribution in [0.2, 0.25) is 0 Å². The molecule has 2 aliphatic rings. The van der Waals surface area contributed by atoms with Crippen LogP contribution < -0.4 is 0 Å². The number of amides is 1. The van der Waals surface area contributed by atoms with Crippen molar-refractivity contribution in [1.82, 2.24) is 9.80 Å². The molecule has 2 aliphatic heterocycles. The van der Waals surface area contributed by atoms with Crippen molar-refractivity contribution in [2.75, 3.05) is 32.8 Å². The van der Waals surface area contributed by atoms with Gasteiger partial charge in [-0.15, -0.1) is 0 Å². The minimum atomic E-state index is -0.512. The number of morpholine rings is 1. The number of halogens is 1. The van der Waals surface area contributed by atoms with Gasteiger partial charge in [0.15, 0.2) is 0 Å². The molecule has 2 saturated heterocycles. The van der Waals surface area contributed by atoms with E-state index in [1.54, 1.807) is 11.8 Å². The average molecular weight is 375 g/mol. The first-order valence-corrected chi connectivity index (χ1v) is 9.19. The summed E-state index contributed by atoms with van der Waals surface area (Å²) in [7, 11) is 0. The lowest BCUT2D eigenvalue weighted by Gasteiger charge is -2.46. The molecule has 2 fully saturated rings. The van der Waals surface area contributed by atoms with Crippen LogP contribution in [0.25, 0.3) is 4.85 Å². The molecule has 0 N–H and O–H groups in total. The van der Waals surface area contributed by atoms with Gasteiger partial charge in [-0.2, -0.15) is 0 Å². The minimum absolute atomic E-state index is 0.0680. The first-order chi connectivity index (χ1) is 12.7. The number of hydrogen-bond acceptors (Lipinski definition) is 4. The molecule has 0 aromatic heterocycles. The van der Waals surface area contributed by atoms with Crippen LogP contribution in [0.5, 0.6) is 0 Å². The summed E-state index contributed by atoms with van der Waals surface area (Å²) in [6.07, 6.45) is -0.529. The van der Waals surface area contributed by atoms with Gasteiger partial charge in [-0.1, -0.05) is 6.07 Å². The third-order valence-electron chi connectivity index (χ3n) is 4.91. The molecule has 6 nitrogen and oxygen atoms in total. The van der Waals surface area contributed by atoms with E-state index in [-0.39, 0.29) is 23.9 Å². The number of carbonyl (C=O) groups is 1.